The summed E-state index contributed by atoms with van der Waals surface area (Å²) in [5.41, 5.74) is 1.13. The Morgan fingerprint density at radius 3 is 2.48 bits per heavy atom. The van der Waals surface area contributed by atoms with Crippen molar-refractivity contribution in [3.8, 4) is 5.75 Å². The molecule has 0 unspecified atom stereocenters. The summed E-state index contributed by atoms with van der Waals surface area (Å²) in [5, 5.41) is 3.03. The van der Waals surface area contributed by atoms with Crippen LogP contribution in [0.2, 0.25) is 0 Å². The van der Waals surface area contributed by atoms with Gasteiger partial charge in [-0.15, -0.1) is 11.8 Å². The first kappa shape index (κ1) is 19.6. The number of carbonyl (C=O) groups excluding carboxylic acids is 1. The predicted molar refractivity (Wildman–Crippen MR) is 112 cm³/mol. The molecule has 2 aromatic rings. The molecule has 0 saturated carbocycles. The minimum Gasteiger partial charge on any atom is -0.495 e. The molecule has 0 aliphatic carbocycles. The molecule has 1 aliphatic rings. The number of nitrogens with zero attached hydrogens (tertiary/aromatic N) is 2. The summed E-state index contributed by atoms with van der Waals surface area (Å²) in [6.45, 7) is 4.72. The molecule has 0 atom stereocenters. The zero-order valence-corrected chi connectivity index (χ0v) is 16.6. The summed E-state index contributed by atoms with van der Waals surface area (Å²) in [6.07, 6.45) is 0. The number of thioether (sulfide) groups is 1. The third-order valence-corrected chi connectivity index (χ3v) is 5.62. The van der Waals surface area contributed by atoms with Crippen LogP contribution in [0.15, 0.2) is 59.5 Å². The van der Waals surface area contributed by atoms with Gasteiger partial charge in [-0.3, -0.25) is 9.69 Å². The summed E-state index contributed by atoms with van der Waals surface area (Å²) < 4.78 is 5.46. The van der Waals surface area contributed by atoms with Crippen molar-refractivity contribution in [1.82, 2.24) is 10.2 Å². The van der Waals surface area contributed by atoms with Gasteiger partial charge < -0.3 is 15.0 Å². The Hall–Kier alpha value is -2.18. The number of nitrogens with one attached hydrogen (secondary N) is 1. The molecule has 1 aliphatic heterocycles. The minimum absolute atomic E-state index is 0.106. The van der Waals surface area contributed by atoms with Gasteiger partial charge in [0.1, 0.15) is 5.75 Å². The molecule has 1 N–H and O–H groups in total. The maximum Gasteiger partial charge on any atom is 0.234 e. The Bertz CT molecular complexity index is 718. The smallest absolute Gasteiger partial charge is 0.234 e. The van der Waals surface area contributed by atoms with Crippen molar-refractivity contribution >= 4 is 23.4 Å². The van der Waals surface area contributed by atoms with E-state index in [-0.39, 0.29) is 5.91 Å². The largest absolute Gasteiger partial charge is 0.495 e. The highest BCUT2D eigenvalue weighted by Crippen LogP contribution is 2.28. The molecule has 2 aromatic carbocycles. The van der Waals surface area contributed by atoms with E-state index in [1.807, 2.05) is 36.4 Å². The van der Waals surface area contributed by atoms with E-state index in [0.29, 0.717) is 13.1 Å². The van der Waals surface area contributed by atoms with Crippen molar-refractivity contribution in [3.63, 3.8) is 0 Å². The van der Waals surface area contributed by atoms with Gasteiger partial charge >= 0.3 is 0 Å². The Labute approximate surface area is 165 Å². The van der Waals surface area contributed by atoms with Crippen LogP contribution >= 0.6 is 11.8 Å². The first-order valence-electron chi connectivity index (χ1n) is 9.31. The number of hydrogen-bond donors (Lipinski definition) is 1. The van der Waals surface area contributed by atoms with Gasteiger partial charge in [-0.2, -0.15) is 0 Å². The van der Waals surface area contributed by atoms with Crippen molar-refractivity contribution in [1.29, 1.82) is 0 Å². The van der Waals surface area contributed by atoms with E-state index in [0.717, 1.165) is 43.4 Å². The maximum absolute atomic E-state index is 12.2. The van der Waals surface area contributed by atoms with E-state index >= 15 is 0 Å². The lowest BCUT2D eigenvalue weighted by atomic mass is 10.2. The monoisotopic (exact) mass is 385 g/mol. The average molecular weight is 386 g/mol. The molecule has 1 heterocycles. The van der Waals surface area contributed by atoms with Crippen LogP contribution in [0.4, 0.5) is 5.69 Å². The molecule has 0 radical (unpaired) electrons. The van der Waals surface area contributed by atoms with Gasteiger partial charge in [0.25, 0.3) is 0 Å². The molecular weight excluding hydrogens is 358 g/mol. The fourth-order valence-electron chi connectivity index (χ4n) is 3.17. The molecule has 0 aromatic heterocycles. The van der Waals surface area contributed by atoms with Crippen LogP contribution in [0, 0.1) is 0 Å². The number of carbonyl (C=O) groups is 1. The normalized spacial score (nSPS) is 14.8. The van der Waals surface area contributed by atoms with E-state index in [1.54, 1.807) is 18.9 Å². The number of rotatable bonds is 8. The lowest BCUT2D eigenvalue weighted by Crippen LogP contribution is -2.49. The van der Waals surface area contributed by atoms with Crippen molar-refractivity contribution in [3.05, 3.63) is 54.6 Å². The van der Waals surface area contributed by atoms with Gasteiger partial charge in [-0.05, 0) is 24.3 Å². The van der Waals surface area contributed by atoms with Gasteiger partial charge in [-0.25, -0.2) is 0 Å². The van der Waals surface area contributed by atoms with E-state index in [2.05, 4.69) is 33.3 Å². The number of anilines is 1. The minimum atomic E-state index is 0.106. The molecule has 3 rings (SSSR count). The molecule has 1 saturated heterocycles. The zero-order valence-electron chi connectivity index (χ0n) is 15.8. The van der Waals surface area contributed by atoms with Gasteiger partial charge in [0, 0.05) is 43.4 Å². The highest BCUT2D eigenvalue weighted by molar-refractivity contribution is 7.99. The Balaban J connectivity index is 1.35. The van der Waals surface area contributed by atoms with Gasteiger partial charge in [0.2, 0.25) is 5.91 Å². The average Bonchev–Trinajstić information content (AvgIpc) is 2.72. The molecule has 6 heteroatoms. The number of para-hydroxylation sites is 2. The van der Waals surface area contributed by atoms with Gasteiger partial charge in [0.05, 0.1) is 19.3 Å². The molecule has 144 valence electrons. The van der Waals surface area contributed by atoms with Crippen LogP contribution in [-0.4, -0.2) is 62.9 Å². The second kappa shape index (κ2) is 10.2. The number of benzene rings is 2. The molecule has 1 fully saturated rings. The number of amides is 1. The predicted octanol–water partition coefficient (Wildman–Crippen LogP) is 2.73. The second-order valence-electron chi connectivity index (χ2n) is 6.45. The summed E-state index contributed by atoms with van der Waals surface area (Å²) in [5.74, 6) is 1.89. The van der Waals surface area contributed by atoms with Crippen molar-refractivity contribution < 1.29 is 9.53 Å². The molecule has 1 amide bonds. The SMILES string of the molecule is COc1ccccc1N1CCN(CC(=O)NCCSc2ccccc2)CC1. The van der Waals surface area contributed by atoms with Crippen LogP contribution in [-0.2, 0) is 4.79 Å². The zero-order chi connectivity index (χ0) is 18.9. The standard InChI is InChI=1S/C21H27N3O2S/c1-26-20-10-6-5-9-19(20)24-14-12-23(13-15-24)17-21(25)22-11-16-27-18-7-3-2-4-8-18/h2-10H,11-17H2,1H3,(H,22,25). The van der Waals surface area contributed by atoms with Crippen LogP contribution in [0.1, 0.15) is 0 Å². The van der Waals surface area contributed by atoms with Crippen molar-refractivity contribution in [2.45, 2.75) is 4.90 Å². The molecular formula is C21H27N3O2S. The highest BCUT2D eigenvalue weighted by atomic mass is 32.2. The van der Waals surface area contributed by atoms with E-state index < -0.39 is 0 Å². The van der Waals surface area contributed by atoms with Crippen LogP contribution in [0.25, 0.3) is 0 Å². The Kier molecular flexibility index (Phi) is 7.42. The topological polar surface area (TPSA) is 44.8 Å². The lowest BCUT2D eigenvalue weighted by Gasteiger charge is -2.36. The van der Waals surface area contributed by atoms with E-state index in [4.69, 9.17) is 4.74 Å². The first-order valence-corrected chi connectivity index (χ1v) is 10.3. The first-order chi connectivity index (χ1) is 13.3. The number of piperazine rings is 1. The Morgan fingerprint density at radius 1 is 1.04 bits per heavy atom. The third kappa shape index (κ3) is 5.91. The number of ether oxygens (including phenoxy) is 1. The second-order valence-corrected chi connectivity index (χ2v) is 7.61. The quantitative estimate of drug-likeness (QED) is 0.559. The van der Waals surface area contributed by atoms with Crippen molar-refractivity contribution in [2.75, 3.05) is 57.0 Å². The number of methoxy groups -OCH3 is 1. The van der Waals surface area contributed by atoms with Crippen LogP contribution in [0.5, 0.6) is 5.75 Å². The van der Waals surface area contributed by atoms with E-state index in [1.165, 1.54) is 4.90 Å². The summed E-state index contributed by atoms with van der Waals surface area (Å²) in [6, 6.07) is 18.4. The Morgan fingerprint density at radius 2 is 1.74 bits per heavy atom. The maximum atomic E-state index is 12.2. The van der Waals surface area contributed by atoms with Gasteiger partial charge in [0.15, 0.2) is 0 Å². The molecule has 0 bridgehead atoms. The number of hydrogen-bond acceptors (Lipinski definition) is 5. The van der Waals surface area contributed by atoms with Crippen LogP contribution < -0.4 is 15.0 Å². The molecule has 0 spiro atoms. The van der Waals surface area contributed by atoms with E-state index in [9.17, 15) is 4.79 Å². The third-order valence-electron chi connectivity index (χ3n) is 4.60. The molecule has 5 nitrogen and oxygen atoms in total. The van der Waals surface area contributed by atoms with Gasteiger partial charge in [-0.1, -0.05) is 30.3 Å². The van der Waals surface area contributed by atoms with Crippen molar-refractivity contribution in [2.24, 2.45) is 0 Å². The summed E-state index contributed by atoms with van der Waals surface area (Å²) in [7, 11) is 1.70. The summed E-state index contributed by atoms with van der Waals surface area (Å²) in [4.78, 5) is 18.0. The lowest BCUT2D eigenvalue weighted by molar-refractivity contribution is -0.122. The summed E-state index contributed by atoms with van der Waals surface area (Å²) >= 11 is 1.76. The van der Waals surface area contributed by atoms with Crippen LogP contribution in [0.3, 0.4) is 0 Å². The molecule has 27 heavy (non-hydrogen) atoms. The fourth-order valence-corrected chi connectivity index (χ4v) is 3.96. The highest BCUT2D eigenvalue weighted by Gasteiger charge is 2.20. The fraction of sp³-hybridized carbons (Fsp3) is 0.381.